The minimum atomic E-state index is -2.31. The average molecular weight is 516 g/mol. The number of esters is 5. The third-order valence-corrected chi connectivity index (χ3v) is 4.37. The topological polar surface area (TPSA) is 169 Å². The molecule has 196 valence electrons. The van der Waals surface area contributed by atoms with Gasteiger partial charge in [-0.15, -0.1) is 0 Å². The molecule has 0 unspecified atom stereocenters. The van der Waals surface area contributed by atoms with E-state index in [1.54, 1.807) is 60.7 Å². The van der Waals surface area contributed by atoms with Crippen LogP contribution in [0.15, 0.2) is 60.7 Å². The molecule has 2 aromatic carbocycles. The van der Waals surface area contributed by atoms with Crippen LogP contribution in [0.2, 0.25) is 0 Å². The number of benzene rings is 2. The number of carboxylic acid groups (broad SMARTS) is 1. The summed E-state index contributed by atoms with van der Waals surface area (Å²) in [5.41, 5.74) is 1.35. The van der Waals surface area contributed by atoms with Crippen molar-refractivity contribution in [3.05, 3.63) is 71.8 Å². The Labute approximate surface area is 211 Å². The number of aliphatic carboxylic acids is 1. The Balaban J connectivity index is 1.89. The zero-order valence-electron chi connectivity index (χ0n) is 19.5. The molecule has 37 heavy (non-hydrogen) atoms. The summed E-state index contributed by atoms with van der Waals surface area (Å²) in [7, 11) is 0. The van der Waals surface area contributed by atoms with Gasteiger partial charge in [-0.2, -0.15) is 0 Å². The third kappa shape index (κ3) is 11.5. The summed E-state index contributed by atoms with van der Waals surface area (Å²) in [4.78, 5) is 71.0. The maximum Gasteiger partial charge on any atom is 0.359 e. The Kier molecular flexibility index (Phi) is 11.8. The summed E-state index contributed by atoms with van der Waals surface area (Å²) in [6, 6.07) is 17.3. The quantitative estimate of drug-likeness (QED) is 0.217. The smallest absolute Gasteiger partial charge is 0.359 e. The van der Waals surface area contributed by atoms with Gasteiger partial charge in [0.15, 0.2) is 13.2 Å². The second kappa shape index (κ2) is 15.3. The van der Waals surface area contributed by atoms with E-state index in [0.29, 0.717) is 11.1 Å². The molecular formula is C25H24O12. The number of rotatable bonds is 14. The molecule has 0 aromatic heterocycles. The van der Waals surface area contributed by atoms with Crippen LogP contribution >= 0.6 is 0 Å². The van der Waals surface area contributed by atoms with Gasteiger partial charge in [0, 0.05) is 0 Å². The number of ether oxygens (including phenoxy) is 5. The molecule has 0 saturated heterocycles. The molecule has 0 fully saturated rings. The molecule has 0 heterocycles. The lowest BCUT2D eigenvalue weighted by atomic mass is 10.2. The van der Waals surface area contributed by atoms with Crippen molar-refractivity contribution >= 4 is 35.8 Å². The first-order valence-electron chi connectivity index (χ1n) is 10.9. The van der Waals surface area contributed by atoms with E-state index in [-0.39, 0.29) is 13.2 Å². The van der Waals surface area contributed by atoms with E-state index in [4.69, 9.17) is 28.8 Å². The molecular weight excluding hydrogens is 492 g/mol. The van der Waals surface area contributed by atoms with Gasteiger partial charge >= 0.3 is 35.8 Å². The summed E-state index contributed by atoms with van der Waals surface area (Å²) in [6.07, 6.45) is -3.61. The van der Waals surface area contributed by atoms with Crippen molar-refractivity contribution in [2.45, 2.75) is 32.2 Å². The van der Waals surface area contributed by atoms with Crippen LogP contribution < -0.4 is 0 Å². The van der Waals surface area contributed by atoms with Gasteiger partial charge in [-0.3, -0.25) is 9.59 Å². The second-order valence-corrected chi connectivity index (χ2v) is 7.27. The van der Waals surface area contributed by atoms with Crippen LogP contribution in [0.3, 0.4) is 0 Å². The molecule has 0 amide bonds. The highest BCUT2D eigenvalue weighted by Gasteiger charge is 2.35. The Morgan fingerprint density at radius 3 is 1.43 bits per heavy atom. The highest BCUT2D eigenvalue weighted by Crippen LogP contribution is 2.06. The zero-order chi connectivity index (χ0) is 27.0. The Morgan fingerprint density at radius 2 is 1.03 bits per heavy atom. The fourth-order valence-corrected chi connectivity index (χ4v) is 2.56. The molecule has 2 aromatic rings. The monoisotopic (exact) mass is 516 g/mol. The Hall–Kier alpha value is -4.74. The SMILES string of the molecule is O=C(O)CCC(=O)OC(C(=O)OCC(=O)OCc1ccccc1)C(=O)OCC(=O)OCc1ccccc1. The maximum absolute atomic E-state index is 12.4. The molecule has 2 rings (SSSR count). The molecule has 0 saturated carbocycles. The van der Waals surface area contributed by atoms with Crippen molar-refractivity contribution in [1.82, 2.24) is 0 Å². The van der Waals surface area contributed by atoms with Crippen LogP contribution in [-0.2, 0) is 65.7 Å². The van der Waals surface area contributed by atoms with Crippen LogP contribution in [0, 0.1) is 0 Å². The normalized spacial score (nSPS) is 10.2. The van der Waals surface area contributed by atoms with Gasteiger partial charge in [0.2, 0.25) is 0 Å². The minimum Gasteiger partial charge on any atom is -0.481 e. The average Bonchev–Trinajstić information content (AvgIpc) is 2.91. The molecule has 0 aliphatic heterocycles. The molecule has 0 aliphatic rings. The summed E-state index contributed by atoms with van der Waals surface area (Å²) >= 11 is 0. The first kappa shape index (κ1) is 28.5. The predicted molar refractivity (Wildman–Crippen MR) is 121 cm³/mol. The van der Waals surface area contributed by atoms with Gasteiger partial charge in [-0.1, -0.05) is 60.7 Å². The first-order chi connectivity index (χ1) is 17.7. The molecule has 0 aliphatic carbocycles. The van der Waals surface area contributed by atoms with Gasteiger partial charge in [-0.25, -0.2) is 19.2 Å². The van der Waals surface area contributed by atoms with E-state index < -0.39 is 68.0 Å². The van der Waals surface area contributed by atoms with Crippen molar-refractivity contribution < 1.29 is 57.6 Å². The number of carboxylic acids is 1. The lowest BCUT2D eigenvalue weighted by molar-refractivity contribution is -0.184. The fourth-order valence-electron chi connectivity index (χ4n) is 2.56. The van der Waals surface area contributed by atoms with E-state index in [0.717, 1.165) is 0 Å². The van der Waals surface area contributed by atoms with Gasteiger partial charge in [0.05, 0.1) is 12.8 Å². The van der Waals surface area contributed by atoms with Gasteiger partial charge in [-0.05, 0) is 11.1 Å². The Bertz CT molecular complexity index is 1010. The number of carbonyl (C=O) groups is 6. The molecule has 0 bridgehead atoms. The Morgan fingerprint density at radius 1 is 0.595 bits per heavy atom. The molecule has 0 atom stereocenters. The van der Waals surface area contributed by atoms with E-state index in [1.807, 2.05) is 0 Å². The van der Waals surface area contributed by atoms with Crippen LogP contribution in [0.25, 0.3) is 0 Å². The molecule has 12 heteroatoms. The largest absolute Gasteiger partial charge is 0.481 e. The second-order valence-electron chi connectivity index (χ2n) is 7.27. The predicted octanol–water partition coefficient (Wildman–Crippen LogP) is 1.34. The maximum atomic E-state index is 12.4. The molecule has 12 nitrogen and oxygen atoms in total. The highest BCUT2D eigenvalue weighted by atomic mass is 16.6. The van der Waals surface area contributed by atoms with Crippen molar-refractivity contribution in [2.75, 3.05) is 13.2 Å². The summed E-state index contributed by atoms with van der Waals surface area (Å²) in [5.74, 6) is -7.41. The lowest BCUT2D eigenvalue weighted by Crippen LogP contribution is -2.39. The number of hydrogen-bond donors (Lipinski definition) is 1. The third-order valence-electron chi connectivity index (χ3n) is 4.37. The summed E-state index contributed by atoms with van der Waals surface area (Å²) in [6.45, 7) is -2.03. The van der Waals surface area contributed by atoms with Crippen molar-refractivity contribution in [3.8, 4) is 0 Å². The fraction of sp³-hybridized carbons (Fsp3) is 0.280. The van der Waals surface area contributed by atoms with E-state index in [2.05, 4.69) is 0 Å². The summed E-state index contributed by atoms with van der Waals surface area (Å²) in [5, 5.41) is 8.68. The first-order valence-corrected chi connectivity index (χ1v) is 10.9. The number of hydrogen-bond acceptors (Lipinski definition) is 11. The van der Waals surface area contributed by atoms with Crippen LogP contribution in [0.1, 0.15) is 24.0 Å². The molecule has 0 radical (unpaired) electrons. The minimum absolute atomic E-state index is 0.0992. The highest BCUT2D eigenvalue weighted by molar-refractivity contribution is 6.00. The van der Waals surface area contributed by atoms with E-state index in [1.165, 1.54) is 0 Å². The van der Waals surface area contributed by atoms with Crippen LogP contribution in [-0.4, -0.2) is 60.2 Å². The van der Waals surface area contributed by atoms with Crippen molar-refractivity contribution in [3.63, 3.8) is 0 Å². The number of carbonyl (C=O) groups excluding carboxylic acids is 5. The van der Waals surface area contributed by atoms with Gasteiger partial charge < -0.3 is 28.8 Å². The van der Waals surface area contributed by atoms with Crippen LogP contribution in [0.4, 0.5) is 0 Å². The molecule has 1 N–H and O–H groups in total. The van der Waals surface area contributed by atoms with Crippen molar-refractivity contribution in [2.24, 2.45) is 0 Å². The van der Waals surface area contributed by atoms with E-state index in [9.17, 15) is 28.8 Å². The summed E-state index contributed by atoms with van der Waals surface area (Å²) < 4.78 is 24.0. The standard InChI is InChI=1S/C25H24O12/c26-19(27)11-12-20(28)37-23(24(31)35-15-21(29)33-13-17-7-3-1-4-8-17)25(32)36-16-22(30)34-14-18-9-5-2-6-10-18/h1-10,23H,11-16H2,(H,26,27). The lowest BCUT2D eigenvalue weighted by Gasteiger charge is -2.15. The van der Waals surface area contributed by atoms with Gasteiger partial charge in [0.25, 0.3) is 6.10 Å². The van der Waals surface area contributed by atoms with Crippen LogP contribution in [0.5, 0.6) is 0 Å². The van der Waals surface area contributed by atoms with Gasteiger partial charge in [0.1, 0.15) is 13.2 Å². The van der Waals surface area contributed by atoms with Crippen molar-refractivity contribution in [1.29, 1.82) is 0 Å². The zero-order valence-corrected chi connectivity index (χ0v) is 19.5. The van der Waals surface area contributed by atoms with E-state index >= 15 is 0 Å². The molecule has 0 spiro atoms.